The molecule has 0 aromatic heterocycles. The van der Waals surface area contributed by atoms with Gasteiger partial charge in [0.15, 0.2) is 0 Å². The lowest BCUT2D eigenvalue weighted by Gasteiger charge is -2.08. The number of hydrogen-bond acceptors (Lipinski definition) is 1. The normalized spacial score (nSPS) is 18.9. The van der Waals surface area contributed by atoms with E-state index >= 15 is 0 Å². The summed E-state index contributed by atoms with van der Waals surface area (Å²) in [5.41, 5.74) is 0. The Labute approximate surface area is 49.3 Å². The van der Waals surface area contributed by atoms with Crippen molar-refractivity contribution in [1.29, 1.82) is 0 Å². The van der Waals surface area contributed by atoms with Gasteiger partial charge in [-0.25, -0.2) is 0 Å². The average molecular weight is 123 g/mol. The zero-order valence-electron chi connectivity index (χ0n) is 4.69. The van der Waals surface area contributed by atoms with Gasteiger partial charge in [-0.15, -0.1) is 11.6 Å². The second-order valence-corrected chi connectivity index (χ2v) is 2.18. The Morgan fingerprint density at radius 1 is 1.57 bits per heavy atom. The Morgan fingerprint density at radius 3 is 2.00 bits per heavy atom. The largest absolute Gasteiger partial charge is 0.393 e. The van der Waals surface area contributed by atoms with Crippen molar-refractivity contribution in [1.82, 2.24) is 0 Å². The number of aliphatic hydroxyl groups excluding tert-OH is 1. The summed E-state index contributed by atoms with van der Waals surface area (Å²) in [7, 11) is 0. The van der Waals surface area contributed by atoms with Crippen molar-refractivity contribution in [3.05, 3.63) is 0 Å². The van der Waals surface area contributed by atoms with Crippen LogP contribution in [0.2, 0.25) is 0 Å². The average Bonchev–Trinajstić information content (AvgIpc) is 1.65. The van der Waals surface area contributed by atoms with E-state index in [1.165, 1.54) is 0 Å². The Bertz CT molecular complexity index is 45.3. The number of rotatable bonds is 2. The van der Waals surface area contributed by atoms with Crippen LogP contribution < -0.4 is 0 Å². The quantitative estimate of drug-likeness (QED) is 0.547. The summed E-state index contributed by atoms with van der Waals surface area (Å²) in [6, 6.07) is 0. The van der Waals surface area contributed by atoms with E-state index in [2.05, 4.69) is 0 Å². The molecule has 0 fully saturated rings. The van der Waals surface area contributed by atoms with Crippen LogP contribution in [-0.2, 0) is 0 Å². The zero-order valence-corrected chi connectivity index (χ0v) is 5.44. The molecule has 1 nitrogen and oxygen atoms in total. The van der Waals surface area contributed by atoms with Crippen LogP contribution in [0.4, 0.5) is 0 Å². The molecule has 0 aliphatic carbocycles. The van der Waals surface area contributed by atoms with Crippen LogP contribution in [0.25, 0.3) is 0 Å². The lowest BCUT2D eigenvalue weighted by Crippen LogP contribution is -2.13. The highest BCUT2D eigenvalue weighted by molar-refractivity contribution is 6.18. The van der Waals surface area contributed by atoms with Crippen LogP contribution in [0.15, 0.2) is 0 Å². The third-order valence-electron chi connectivity index (χ3n) is 1.07. The van der Waals surface area contributed by atoms with E-state index in [0.29, 0.717) is 5.88 Å². The molecule has 0 saturated heterocycles. The molecule has 0 aromatic rings. The minimum absolute atomic E-state index is 0.224. The standard InChI is InChI=1S/C5H11ClO/c1-4(3-6)5(2)7/h4-5,7H,3H2,1-2H3. The maximum atomic E-state index is 8.74. The van der Waals surface area contributed by atoms with E-state index in [4.69, 9.17) is 16.7 Å². The van der Waals surface area contributed by atoms with E-state index < -0.39 is 0 Å². The second kappa shape index (κ2) is 3.28. The molecule has 0 aliphatic heterocycles. The first-order valence-corrected chi connectivity index (χ1v) is 2.96. The van der Waals surface area contributed by atoms with Crippen LogP contribution in [0.3, 0.4) is 0 Å². The summed E-state index contributed by atoms with van der Waals surface area (Å²) in [6.45, 7) is 3.66. The highest BCUT2D eigenvalue weighted by Crippen LogP contribution is 2.02. The summed E-state index contributed by atoms with van der Waals surface area (Å²) in [5, 5.41) is 8.74. The Balaban J connectivity index is 3.14. The predicted molar refractivity (Wildman–Crippen MR) is 31.6 cm³/mol. The number of aliphatic hydroxyl groups is 1. The van der Waals surface area contributed by atoms with Crippen molar-refractivity contribution in [3.63, 3.8) is 0 Å². The van der Waals surface area contributed by atoms with E-state index in [9.17, 15) is 0 Å². The van der Waals surface area contributed by atoms with Gasteiger partial charge in [-0.2, -0.15) is 0 Å². The van der Waals surface area contributed by atoms with Crippen molar-refractivity contribution < 1.29 is 5.11 Å². The van der Waals surface area contributed by atoms with Gasteiger partial charge >= 0.3 is 0 Å². The van der Waals surface area contributed by atoms with E-state index in [1.54, 1.807) is 6.92 Å². The highest BCUT2D eigenvalue weighted by atomic mass is 35.5. The molecular formula is C5H11ClO. The van der Waals surface area contributed by atoms with E-state index in [-0.39, 0.29) is 12.0 Å². The fraction of sp³-hybridized carbons (Fsp3) is 1.00. The zero-order chi connectivity index (χ0) is 5.86. The van der Waals surface area contributed by atoms with E-state index in [1.807, 2.05) is 6.92 Å². The SMILES string of the molecule is CC(O)C(C)CCl. The van der Waals surface area contributed by atoms with Crippen molar-refractivity contribution in [2.45, 2.75) is 20.0 Å². The third kappa shape index (κ3) is 2.89. The molecule has 0 radical (unpaired) electrons. The molecule has 7 heavy (non-hydrogen) atoms. The third-order valence-corrected chi connectivity index (χ3v) is 1.55. The van der Waals surface area contributed by atoms with Crippen LogP contribution in [-0.4, -0.2) is 17.1 Å². The molecular weight excluding hydrogens is 112 g/mol. The summed E-state index contributed by atoms with van der Waals surface area (Å²) in [4.78, 5) is 0. The first kappa shape index (κ1) is 7.25. The van der Waals surface area contributed by atoms with Gasteiger partial charge in [0.25, 0.3) is 0 Å². The summed E-state index contributed by atoms with van der Waals surface area (Å²) in [6.07, 6.45) is -0.266. The van der Waals surface area contributed by atoms with Gasteiger partial charge in [-0.1, -0.05) is 6.92 Å². The fourth-order valence-corrected chi connectivity index (χ4v) is 0.387. The second-order valence-electron chi connectivity index (χ2n) is 1.87. The first-order valence-electron chi connectivity index (χ1n) is 2.42. The van der Waals surface area contributed by atoms with Gasteiger partial charge in [-0.05, 0) is 12.8 Å². The van der Waals surface area contributed by atoms with E-state index in [0.717, 1.165) is 0 Å². The Hall–Kier alpha value is 0.250. The summed E-state index contributed by atoms with van der Waals surface area (Å²) >= 11 is 5.39. The number of halogens is 1. The lowest BCUT2D eigenvalue weighted by atomic mass is 10.1. The predicted octanol–water partition coefficient (Wildman–Crippen LogP) is 1.24. The molecule has 1 N–H and O–H groups in total. The molecule has 0 aromatic carbocycles. The molecule has 0 saturated carbocycles. The van der Waals surface area contributed by atoms with Crippen molar-refractivity contribution >= 4 is 11.6 Å². The molecule has 0 aliphatic rings. The molecule has 0 heterocycles. The lowest BCUT2D eigenvalue weighted by molar-refractivity contribution is 0.146. The molecule has 0 amide bonds. The van der Waals surface area contributed by atoms with Crippen LogP contribution in [0, 0.1) is 5.92 Å². The van der Waals surface area contributed by atoms with Gasteiger partial charge in [0, 0.05) is 5.88 Å². The van der Waals surface area contributed by atoms with Crippen molar-refractivity contribution in [2.24, 2.45) is 5.92 Å². The van der Waals surface area contributed by atoms with Gasteiger partial charge in [0.05, 0.1) is 6.10 Å². The van der Waals surface area contributed by atoms with Crippen LogP contribution >= 0.6 is 11.6 Å². The van der Waals surface area contributed by atoms with Crippen molar-refractivity contribution in [2.75, 3.05) is 5.88 Å². The number of hydrogen-bond donors (Lipinski definition) is 1. The molecule has 2 unspecified atom stereocenters. The van der Waals surface area contributed by atoms with Crippen LogP contribution in [0.1, 0.15) is 13.8 Å². The monoisotopic (exact) mass is 122 g/mol. The molecule has 2 heteroatoms. The first-order chi connectivity index (χ1) is 3.18. The highest BCUT2D eigenvalue weighted by Gasteiger charge is 2.04. The van der Waals surface area contributed by atoms with Gasteiger partial charge in [0.2, 0.25) is 0 Å². The minimum atomic E-state index is -0.266. The van der Waals surface area contributed by atoms with Crippen molar-refractivity contribution in [3.8, 4) is 0 Å². The molecule has 0 rings (SSSR count). The van der Waals surface area contributed by atoms with Gasteiger partial charge in [0.1, 0.15) is 0 Å². The van der Waals surface area contributed by atoms with Crippen LogP contribution in [0.5, 0.6) is 0 Å². The Kier molecular flexibility index (Phi) is 3.39. The smallest absolute Gasteiger partial charge is 0.0549 e. The summed E-state index contributed by atoms with van der Waals surface area (Å²) < 4.78 is 0. The summed E-state index contributed by atoms with van der Waals surface area (Å²) in [5.74, 6) is 0.763. The molecule has 0 spiro atoms. The number of alkyl halides is 1. The molecule has 2 atom stereocenters. The van der Waals surface area contributed by atoms with Gasteiger partial charge in [-0.3, -0.25) is 0 Å². The Morgan fingerprint density at radius 2 is 2.00 bits per heavy atom. The molecule has 44 valence electrons. The maximum absolute atomic E-state index is 8.74. The minimum Gasteiger partial charge on any atom is -0.393 e. The molecule has 0 bridgehead atoms. The fourth-order valence-electron chi connectivity index (χ4n) is 0.129. The topological polar surface area (TPSA) is 20.2 Å². The van der Waals surface area contributed by atoms with Gasteiger partial charge < -0.3 is 5.11 Å². The maximum Gasteiger partial charge on any atom is 0.0549 e.